The molecule has 0 heterocycles. The highest BCUT2D eigenvalue weighted by Gasteiger charge is 2.05. The number of hydrogen-bond acceptors (Lipinski definition) is 1. The Morgan fingerprint density at radius 1 is 0.789 bits per heavy atom. The largest absolute Gasteiger partial charge is 0.276 e. The van der Waals surface area contributed by atoms with Crippen LogP contribution in [0.25, 0.3) is 21.9 Å². The third-order valence-electron chi connectivity index (χ3n) is 3.21. The van der Waals surface area contributed by atoms with E-state index in [0.29, 0.717) is 5.56 Å². The van der Waals surface area contributed by atoms with Gasteiger partial charge in [0.1, 0.15) is 0 Å². The van der Waals surface area contributed by atoms with Gasteiger partial charge in [0.05, 0.1) is 0 Å². The smallest absolute Gasteiger partial charge is 0.252 e. The number of benzene rings is 3. The number of rotatable bonds is 2. The molecule has 0 aliphatic rings. The summed E-state index contributed by atoms with van der Waals surface area (Å²) in [6.45, 7) is 0. The van der Waals surface area contributed by atoms with Crippen molar-refractivity contribution in [3.63, 3.8) is 0 Å². The fourth-order valence-corrected chi connectivity index (χ4v) is 2.38. The van der Waals surface area contributed by atoms with Crippen LogP contribution in [0.2, 0.25) is 0 Å². The Morgan fingerprint density at radius 2 is 1.47 bits per heavy atom. The van der Waals surface area contributed by atoms with E-state index in [-0.39, 0.29) is 0 Å². The molecular weight excluding hydrogens is 256 g/mol. The summed E-state index contributed by atoms with van der Waals surface area (Å²) in [5, 5.41) is 1.98. The lowest BCUT2D eigenvalue weighted by atomic mass is 9.98. The molecule has 2 heteroatoms. The maximum atomic E-state index is 11.1. The van der Waals surface area contributed by atoms with Gasteiger partial charge in [-0.2, -0.15) is 0 Å². The summed E-state index contributed by atoms with van der Waals surface area (Å²) >= 11 is 5.46. The molecule has 0 unspecified atom stereocenters. The molecule has 0 atom stereocenters. The van der Waals surface area contributed by atoms with Crippen molar-refractivity contribution in [2.24, 2.45) is 0 Å². The molecule has 0 radical (unpaired) electrons. The van der Waals surface area contributed by atoms with Crippen LogP contribution in [0.3, 0.4) is 0 Å². The second-order valence-corrected chi connectivity index (χ2v) is 4.72. The first-order valence-corrected chi connectivity index (χ1v) is 6.41. The van der Waals surface area contributed by atoms with Gasteiger partial charge in [0, 0.05) is 5.56 Å². The van der Waals surface area contributed by atoms with Crippen LogP contribution in [0.1, 0.15) is 10.4 Å². The minimum atomic E-state index is -0.426. The number of fused-ring (bicyclic) bond motifs is 1. The van der Waals surface area contributed by atoms with Crippen LogP contribution < -0.4 is 0 Å². The number of carbonyl (C=O) groups is 1. The molecule has 19 heavy (non-hydrogen) atoms. The third kappa shape index (κ3) is 2.25. The number of carbonyl (C=O) groups excluding carboxylic acids is 1. The van der Waals surface area contributed by atoms with E-state index in [1.165, 1.54) is 10.8 Å². The van der Waals surface area contributed by atoms with Crippen LogP contribution >= 0.6 is 11.6 Å². The van der Waals surface area contributed by atoms with Crippen molar-refractivity contribution in [1.82, 2.24) is 0 Å². The Morgan fingerprint density at radius 3 is 2.21 bits per heavy atom. The number of halogens is 1. The van der Waals surface area contributed by atoms with Gasteiger partial charge < -0.3 is 0 Å². The molecule has 0 amide bonds. The van der Waals surface area contributed by atoms with Gasteiger partial charge >= 0.3 is 0 Å². The van der Waals surface area contributed by atoms with Crippen molar-refractivity contribution >= 4 is 27.6 Å². The molecule has 3 rings (SSSR count). The molecule has 0 saturated carbocycles. The first kappa shape index (κ1) is 11.9. The molecule has 0 fully saturated rings. The second-order valence-electron chi connectivity index (χ2n) is 4.38. The van der Waals surface area contributed by atoms with Crippen molar-refractivity contribution < 1.29 is 4.79 Å². The molecule has 3 aromatic rings. The zero-order valence-corrected chi connectivity index (χ0v) is 10.9. The molecule has 0 spiro atoms. The van der Waals surface area contributed by atoms with Crippen molar-refractivity contribution in [3.05, 3.63) is 72.3 Å². The van der Waals surface area contributed by atoms with Gasteiger partial charge in [-0.3, -0.25) is 4.79 Å². The average molecular weight is 267 g/mol. The fraction of sp³-hybridized carbons (Fsp3) is 0. The van der Waals surface area contributed by atoms with Gasteiger partial charge in [0.25, 0.3) is 5.24 Å². The monoisotopic (exact) mass is 266 g/mol. The predicted octanol–water partition coefficient (Wildman–Crippen LogP) is 4.89. The Labute approximate surface area is 116 Å². The first-order chi connectivity index (χ1) is 9.25. The molecule has 0 bridgehead atoms. The first-order valence-electron chi connectivity index (χ1n) is 6.04. The lowest BCUT2D eigenvalue weighted by molar-refractivity contribution is 0.108. The molecular formula is C17H11ClO. The van der Waals surface area contributed by atoms with E-state index >= 15 is 0 Å². The van der Waals surface area contributed by atoms with Crippen LogP contribution in [0.5, 0.6) is 0 Å². The molecule has 0 saturated heterocycles. The molecule has 0 aliphatic carbocycles. The SMILES string of the molecule is O=C(Cl)c1ccc(-c2cccc3ccccc23)cc1. The molecule has 0 N–H and O–H groups in total. The summed E-state index contributed by atoms with van der Waals surface area (Å²) in [6.07, 6.45) is 0. The second kappa shape index (κ2) is 4.87. The molecule has 0 aliphatic heterocycles. The van der Waals surface area contributed by atoms with Crippen LogP contribution in [-0.4, -0.2) is 5.24 Å². The Kier molecular flexibility index (Phi) is 3.06. The minimum absolute atomic E-state index is 0.426. The zero-order chi connectivity index (χ0) is 13.2. The van der Waals surface area contributed by atoms with Gasteiger partial charge in [0.2, 0.25) is 0 Å². The van der Waals surface area contributed by atoms with Crippen LogP contribution in [-0.2, 0) is 0 Å². The summed E-state index contributed by atoms with van der Waals surface area (Å²) in [5.74, 6) is 0. The van der Waals surface area contributed by atoms with E-state index < -0.39 is 5.24 Å². The van der Waals surface area contributed by atoms with Crippen molar-refractivity contribution in [1.29, 1.82) is 0 Å². The van der Waals surface area contributed by atoms with E-state index in [4.69, 9.17) is 11.6 Å². The zero-order valence-electron chi connectivity index (χ0n) is 10.1. The highest BCUT2D eigenvalue weighted by atomic mass is 35.5. The Bertz CT molecular complexity index is 739. The summed E-state index contributed by atoms with van der Waals surface area (Å²) < 4.78 is 0. The van der Waals surface area contributed by atoms with E-state index in [2.05, 4.69) is 24.3 Å². The standard InChI is InChI=1S/C17H11ClO/c18-17(19)14-10-8-13(9-11-14)16-7-3-5-12-4-1-2-6-15(12)16/h1-11H. The average Bonchev–Trinajstić information content (AvgIpc) is 2.47. The fourth-order valence-electron chi connectivity index (χ4n) is 2.26. The van der Waals surface area contributed by atoms with E-state index in [9.17, 15) is 4.79 Å². The highest BCUT2D eigenvalue weighted by molar-refractivity contribution is 6.67. The third-order valence-corrected chi connectivity index (χ3v) is 3.43. The highest BCUT2D eigenvalue weighted by Crippen LogP contribution is 2.28. The van der Waals surface area contributed by atoms with E-state index in [1.54, 1.807) is 12.1 Å². The Balaban J connectivity index is 2.16. The topological polar surface area (TPSA) is 17.1 Å². The van der Waals surface area contributed by atoms with Gasteiger partial charge in [-0.1, -0.05) is 54.6 Å². The van der Waals surface area contributed by atoms with Crippen molar-refractivity contribution in [2.75, 3.05) is 0 Å². The van der Waals surface area contributed by atoms with Crippen LogP contribution in [0, 0.1) is 0 Å². The lowest BCUT2D eigenvalue weighted by Crippen LogP contribution is -1.88. The predicted molar refractivity (Wildman–Crippen MR) is 79.6 cm³/mol. The lowest BCUT2D eigenvalue weighted by Gasteiger charge is -2.07. The number of hydrogen-bond donors (Lipinski definition) is 0. The minimum Gasteiger partial charge on any atom is -0.276 e. The van der Waals surface area contributed by atoms with E-state index in [1.807, 2.05) is 30.3 Å². The summed E-state index contributed by atoms with van der Waals surface area (Å²) in [7, 11) is 0. The quantitative estimate of drug-likeness (QED) is 0.604. The van der Waals surface area contributed by atoms with Gasteiger partial charge in [0.15, 0.2) is 0 Å². The molecule has 1 nitrogen and oxygen atoms in total. The van der Waals surface area contributed by atoms with Gasteiger partial charge in [-0.05, 0) is 45.6 Å². The Hall–Kier alpha value is -2.12. The molecule has 0 aromatic heterocycles. The normalized spacial score (nSPS) is 10.6. The summed E-state index contributed by atoms with van der Waals surface area (Å²) in [6, 6.07) is 21.8. The van der Waals surface area contributed by atoms with Gasteiger partial charge in [-0.25, -0.2) is 0 Å². The van der Waals surface area contributed by atoms with Crippen molar-refractivity contribution in [3.8, 4) is 11.1 Å². The van der Waals surface area contributed by atoms with Crippen LogP contribution in [0.4, 0.5) is 0 Å². The van der Waals surface area contributed by atoms with Crippen molar-refractivity contribution in [2.45, 2.75) is 0 Å². The molecule has 92 valence electrons. The maximum Gasteiger partial charge on any atom is 0.252 e. The summed E-state index contributed by atoms with van der Waals surface area (Å²) in [5.41, 5.74) is 2.76. The van der Waals surface area contributed by atoms with E-state index in [0.717, 1.165) is 11.1 Å². The molecule has 3 aromatic carbocycles. The maximum absolute atomic E-state index is 11.1. The van der Waals surface area contributed by atoms with Gasteiger partial charge in [-0.15, -0.1) is 0 Å². The summed E-state index contributed by atoms with van der Waals surface area (Å²) in [4.78, 5) is 11.1. The van der Waals surface area contributed by atoms with Crippen LogP contribution in [0.15, 0.2) is 66.7 Å².